The van der Waals surface area contributed by atoms with Crippen LogP contribution in [-0.4, -0.2) is 33.2 Å². The molecule has 2 unspecified atom stereocenters. The molecule has 0 saturated carbocycles. The number of carbonyl (C=O) groups is 3. The minimum Gasteiger partial charge on any atom is -0.481 e. The summed E-state index contributed by atoms with van der Waals surface area (Å²) in [5.41, 5.74) is 0. The van der Waals surface area contributed by atoms with E-state index in [0.29, 0.717) is 12.8 Å². The van der Waals surface area contributed by atoms with E-state index in [0.717, 1.165) is 38.0 Å². The Bertz CT molecular complexity index is 548. The molecule has 0 saturated heterocycles. The molecular weight excluding hydrogens is 456 g/mol. The second kappa shape index (κ2) is 25.1. The summed E-state index contributed by atoms with van der Waals surface area (Å²) >= 11 is 0. The number of aliphatic carboxylic acids is 3. The lowest BCUT2D eigenvalue weighted by Crippen LogP contribution is -2.17. The van der Waals surface area contributed by atoms with Crippen LogP contribution >= 0.6 is 0 Å². The van der Waals surface area contributed by atoms with Gasteiger partial charge in [-0.3, -0.25) is 14.4 Å². The molecule has 0 rings (SSSR count). The van der Waals surface area contributed by atoms with Crippen molar-refractivity contribution in [2.45, 2.75) is 161 Å². The zero-order chi connectivity index (χ0) is 26.9. The zero-order valence-corrected chi connectivity index (χ0v) is 23.2. The van der Waals surface area contributed by atoms with E-state index in [2.05, 4.69) is 6.92 Å². The fourth-order valence-corrected chi connectivity index (χ4v) is 5.08. The molecule has 0 heterocycles. The molecule has 0 amide bonds. The van der Waals surface area contributed by atoms with Crippen LogP contribution in [0.15, 0.2) is 0 Å². The van der Waals surface area contributed by atoms with Crippen LogP contribution in [0.5, 0.6) is 0 Å². The Labute approximate surface area is 220 Å². The molecule has 36 heavy (non-hydrogen) atoms. The highest BCUT2D eigenvalue weighted by atomic mass is 16.4. The molecule has 212 valence electrons. The van der Waals surface area contributed by atoms with E-state index in [-0.39, 0.29) is 6.42 Å². The number of hydrogen-bond acceptors (Lipinski definition) is 3. The van der Waals surface area contributed by atoms with Crippen LogP contribution in [0.1, 0.15) is 161 Å². The number of carboxylic acid groups (broad SMARTS) is 3. The first-order valence-corrected chi connectivity index (χ1v) is 15.0. The van der Waals surface area contributed by atoms with Gasteiger partial charge in [0, 0.05) is 6.42 Å². The van der Waals surface area contributed by atoms with Crippen LogP contribution in [0, 0.1) is 11.8 Å². The molecular formula is C30H56O6. The zero-order valence-electron chi connectivity index (χ0n) is 23.2. The van der Waals surface area contributed by atoms with Gasteiger partial charge in [-0.1, -0.05) is 135 Å². The Hall–Kier alpha value is -1.59. The molecule has 0 radical (unpaired) electrons. The maximum Gasteiger partial charge on any atom is 0.307 e. The number of unbranched alkanes of at least 4 members (excludes halogenated alkanes) is 16. The minimum absolute atomic E-state index is 0.270. The average molecular weight is 513 g/mol. The van der Waals surface area contributed by atoms with Crippen LogP contribution in [0.25, 0.3) is 0 Å². The molecule has 0 spiro atoms. The van der Waals surface area contributed by atoms with Crippen LogP contribution < -0.4 is 0 Å². The summed E-state index contributed by atoms with van der Waals surface area (Å²) in [6.45, 7) is 2.32. The summed E-state index contributed by atoms with van der Waals surface area (Å²) in [6, 6.07) is 0. The van der Waals surface area contributed by atoms with E-state index >= 15 is 0 Å². The maximum absolute atomic E-state index is 11.1. The minimum atomic E-state index is -1.03. The third-order valence-corrected chi connectivity index (χ3v) is 7.52. The van der Waals surface area contributed by atoms with Crippen molar-refractivity contribution in [3.8, 4) is 0 Å². The number of carboxylic acids is 3. The second-order valence-electron chi connectivity index (χ2n) is 10.8. The molecule has 0 fully saturated rings. The Morgan fingerprint density at radius 3 is 1.19 bits per heavy atom. The molecule has 0 aromatic heterocycles. The molecule has 0 aromatic carbocycles. The van der Waals surface area contributed by atoms with E-state index in [9.17, 15) is 14.4 Å². The SMILES string of the molecule is CCC(CCCCCCCCCCCCCC(=O)O)CCCCCCCCCC(CC(=O)O)C(=O)O. The molecule has 6 nitrogen and oxygen atoms in total. The van der Waals surface area contributed by atoms with Crippen molar-refractivity contribution >= 4 is 17.9 Å². The maximum atomic E-state index is 11.1. The highest BCUT2D eigenvalue weighted by molar-refractivity contribution is 5.77. The van der Waals surface area contributed by atoms with Crippen LogP contribution in [-0.2, 0) is 14.4 Å². The third kappa shape index (κ3) is 24.1. The van der Waals surface area contributed by atoms with Crippen molar-refractivity contribution in [1.82, 2.24) is 0 Å². The molecule has 0 aliphatic rings. The van der Waals surface area contributed by atoms with Gasteiger partial charge in [-0.05, 0) is 18.8 Å². The summed E-state index contributed by atoms with van der Waals surface area (Å²) < 4.78 is 0. The molecule has 6 heteroatoms. The highest BCUT2D eigenvalue weighted by Gasteiger charge is 2.20. The van der Waals surface area contributed by atoms with E-state index in [4.69, 9.17) is 15.3 Å². The second-order valence-corrected chi connectivity index (χ2v) is 10.8. The Kier molecular flexibility index (Phi) is 24.0. The van der Waals surface area contributed by atoms with E-state index in [1.54, 1.807) is 0 Å². The molecule has 0 aromatic rings. The summed E-state index contributed by atoms with van der Waals surface area (Å²) in [6.07, 6.45) is 26.2. The summed E-state index contributed by atoms with van der Waals surface area (Å²) in [5, 5.41) is 26.5. The first kappa shape index (κ1) is 34.4. The highest BCUT2D eigenvalue weighted by Crippen LogP contribution is 2.22. The van der Waals surface area contributed by atoms with Gasteiger partial charge in [0.05, 0.1) is 12.3 Å². The fourth-order valence-electron chi connectivity index (χ4n) is 5.08. The van der Waals surface area contributed by atoms with E-state index < -0.39 is 23.8 Å². The quantitative estimate of drug-likeness (QED) is 0.0902. The monoisotopic (exact) mass is 512 g/mol. The van der Waals surface area contributed by atoms with Crippen molar-refractivity contribution in [3.05, 3.63) is 0 Å². The first-order valence-electron chi connectivity index (χ1n) is 15.0. The predicted octanol–water partition coefficient (Wildman–Crippen LogP) is 8.85. The lowest BCUT2D eigenvalue weighted by molar-refractivity contribution is -0.148. The van der Waals surface area contributed by atoms with Crippen molar-refractivity contribution < 1.29 is 29.7 Å². The lowest BCUT2D eigenvalue weighted by atomic mass is 9.92. The van der Waals surface area contributed by atoms with Crippen LogP contribution in [0.4, 0.5) is 0 Å². The molecule has 0 aliphatic carbocycles. The van der Waals surface area contributed by atoms with Gasteiger partial charge in [-0.2, -0.15) is 0 Å². The van der Waals surface area contributed by atoms with Crippen molar-refractivity contribution in [2.75, 3.05) is 0 Å². The fraction of sp³-hybridized carbons (Fsp3) is 0.900. The largest absolute Gasteiger partial charge is 0.481 e. The molecule has 0 aliphatic heterocycles. The number of rotatable bonds is 28. The van der Waals surface area contributed by atoms with E-state index in [1.165, 1.54) is 103 Å². The molecule has 3 N–H and O–H groups in total. The Morgan fingerprint density at radius 2 is 0.861 bits per heavy atom. The predicted molar refractivity (Wildman–Crippen MR) is 146 cm³/mol. The van der Waals surface area contributed by atoms with Crippen molar-refractivity contribution in [2.24, 2.45) is 11.8 Å². The number of hydrogen-bond donors (Lipinski definition) is 3. The van der Waals surface area contributed by atoms with Gasteiger partial charge in [0.1, 0.15) is 0 Å². The van der Waals surface area contributed by atoms with Crippen molar-refractivity contribution in [3.63, 3.8) is 0 Å². The Morgan fingerprint density at radius 1 is 0.500 bits per heavy atom. The van der Waals surface area contributed by atoms with Crippen LogP contribution in [0.3, 0.4) is 0 Å². The van der Waals surface area contributed by atoms with Crippen molar-refractivity contribution in [1.29, 1.82) is 0 Å². The van der Waals surface area contributed by atoms with E-state index in [1.807, 2.05) is 0 Å². The van der Waals surface area contributed by atoms with Gasteiger partial charge in [0.25, 0.3) is 0 Å². The summed E-state index contributed by atoms with van der Waals surface area (Å²) in [7, 11) is 0. The summed E-state index contributed by atoms with van der Waals surface area (Å²) in [4.78, 5) is 32.3. The van der Waals surface area contributed by atoms with Gasteiger partial charge < -0.3 is 15.3 Å². The topological polar surface area (TPSA) is 112 Å². The molecule has 2 atom stereocenters. The lowest BCUT2D eigenvalue weighted by Gasteiger charge is -2.14. The third-order valence-electron chi connectivity index (χ3n) is 7.52. The first-order chi connectivity index (χ1) is 17.4. The molecule has 0 bridgehead atoms. The van der Waals surface area contributed by atoms with Gasteiger partial charge in [0.2, 0.25) is 0 Å². The van der Waals surface area contributed by atoms with Gasteiger partial charge in [-0.25, -0.2) is 0 Å². The van der Waals surface area contributed by atoms with Gasteiger partial charge in [-0.15, -0.1) is 0 Å². The normalized spacial score (nSPS) is 12.9. The summed E-state index contributed by atoms with van der Waals surface area (Å²) in [5.74, 6) is -2.57. The van der Waals surface area contributed by atoms with Gasteiger partial charge >= 0.3 is 17.9 Å². The standard InChI is InChI=1S/C30H56O6/c1-2-26(21-17-13-9-6-4-3-5-7-12-16-20-24-28(31)32)22-18-14-10-8-11-15-19-23-27(30(35)36)25-29(33)34/h26-27H,2-25H2,1H3,(H,31,32)(H,33,34)(H,35,36). The Balaban J connectivity index is 3.46. The average Bonchev–Trinajstić information content (AvgIpc) is 2.83. The van der Waals surface area contributed by atoms with Gasteiger partial charge in [0.15, 0.2) is 0 Å². The van der Waals surface area contributed by atoms with Crippen LogP contribution in [0.2, 0.25) is 0 Å². The smallest absolute Gasteiger partial charge is 0.307 e.